The summed E-state index contributed by atoms with van der Waals surface area (Å²) in [7, 11) is 0. The number of nitrogens with one attached hydrogen (secondary N) is 1. The van der Waals surface area contributed by atoms with Crippen molar-refractivity contribution < 1.29 is 5.11 Å². The predicted molar refractivity (Wildman–Crippen MR) is 55.1 cm³/mol. The van der Waals surface area contributed by atoms with Gasteiger partial charge in [0.05, 0.1) is 6.04 Å². The molecule has 0 bridgehead atoms. The fraction of sp³-hybridized carbons (Fsp3) is 0.200. The number of nitrogens with two attached hydrogens (primary N) is 1. The van der Waals surface area contributed by atoms with Crippen LogP contribution in [-0.4, -0.2) is 20.3 Å². The van der Waals surface area contributed by atoms with Crippen molar-refractivity contribution in [2.45, 2.75) is 12.5 Å². The van der Waals surface area contributed by atoms with Crippen LogP contribution in [0.1, 0.15) is 17.4 Å². The maximum absolute atomic E-state index is 9.11. The Labute approximate surface area is 87.0 Å². The van der Waals surface area contributed by atoms with Crippen LogP contribution >= 0.6 is 0 Å². The Kier molecular flexibility index (Phi) is 2.64. The summed E-state index contributed by atoms with van der Waals surface area (Å²) in [5, 5.41) is 15.6. The molecular formula is C10H12N4O. The molecule has 78 valence electrons. The van der Waals surface area contributed by atoms with E-state index in [1.807, 2.05) is 12.1 Å². The monoisotopic (exact) mass is 204 g/mol. The number of phenols is 1. The third-order valence-electron chi connectivity index (χ3n) is 2.18. The highest BCUT2D eigenvalue weighted by Crippen LogP contribution is 2.15. The first kappa shape index (κ1) is 9.67. The summed E-state index contributed by atoms with van der Waals surface area (Å²) in [6.07, 6.45) is 2.10. The van der Waals surface area contributed by atoms with E-state index in [-0.39, 0.29) is 11.8 Å². The van der Waals surface area contributed by atoms with Gasteiger partial charge in [-0.05, 0) is 24.1 Å². The minimum atomic E-state index is -0.197. The zero-order valence-corrected chi connectivity index (χ0v) is 8.09. The molecule has 2 rings (SSSR count). The van der Waals surface area contributed by atoms with Crippen LogP contribution in [0.15, 0.2) is 30.6 Å². The largest absolute Gasteiger partial charge is 0.508 e. The standard InChI is InChI=1S/C10H12N4O/c11-9(10-12-6-13-14-10)5-7-1-3-8(15)4-2-7/h1-4,6,9,15H,5,11H2,(H,12,13,14)/t9-/m1/s1. The molecule has 0 aliphatic heterocycles. The van der Waals surface area contributed by atoms with E-state index in [0.29, 0.717) is 12.2 Å². The zero-order valence-electron chi connectivity index (χ0n) is 8.09. The number of nitrogens with zero attached hydrogens (tertiary/aromatic N) is 2. The van der Waals surface area contributed by atoms with Crippen LogP contribution in [0.3, 0.4) is 0 Å². The highest BCUT2D eigenvalue weighted by molar-refractivity contribution is 5.26. The summed E-state index contributed by atoms with van der Waals surface area (Å²) in [5.41, 5.74) is 6.97. The van der Waals surface area contributed by atoms with Gasteiger partial charge in [0.1, 0.15) is 17.9 Å². The van der Waals surface area contributed by atoms with Gasteiger partial charge in [0.15, 0.2) is 0 Å². The highest BCUT2D eigenvalue weighted by Gasteiger charge is 2.09. The van der Waals surface area contributed by atoms with E-state index in [0.717, 1.165) is 5.56 Å². The molecule has 1 atom stereocenters. The molecule has 1 aromatic heterocycles. The lowest BCUT2D eigenvalue weighted by Crippen LogP contribution is -2.14. The van der Waals surface area contributed by atoms with Crippen LogP contribution in [0, 0.1) is 0 Å². The molecule has 0 amide bonds. The number of hydrogen-bond donors (Lipinski definition) is 3. The van der Waals surface area contributed by atoms with Crippen molar-refractivity contribution in [1.29, 1.82) is 0 Å². The van der Waals surface area contributed by atoms with E-state index in [1.54, 1.807) is 12.1 Å². The first-order valence-corrected chi connectivity index (χ1v) is 4.64. The molecule has 1 aromatic carbocycles. The van der Waals surface area contributed by atoms with Gasteiger partial charge in [-0.15, -0.1) is 0 Å². The summed E-state index contributed by atoms with van der Waals surface area (Å²) >= 11 is 0. The van der Waals surface area contributed by atoms with Crippen LogP contribution < -0.4 is 5.73 Å². The number of hydrogen-bond acceptors (Lipinski definition) is 4. The van der Waals surface area contributed by atoms with Gasteiger partial charge in [-0.1, -0.05) is 12.1 Å². The second-order valence-electron chi connectivity index (χ2n) is 3.35. The van der Waals surface area contributed by atoms with Gasteiger partial charge >= 0.3 is 0 Å². The number of benzene rings is 1. The lowest BCUT2D eigenvalue weighted by atomic mass is 10.1. The molecule has 15 heavy (non-hydrogen) atoms. The second-order valence-corrected chi connectivity index (χ2v) is 3.35. The van der Waals surface area contributed by atoms with Gasteiger partial charge in [-0.3, -0.25) is 5.10 Å². The topological polar surface area (TPSA) is 87.8 Å². The van der Waals surface area contributed by atoms with Gasteiger partial charge in [-0.25, -0.2) is 4.98 Å². The maximum Gasteiger partial charge on any atom is 0.141 e. The lowest BCUT2D eigenvalue weighted by molar-refractivity contribution is 0.475. The number of phenolic OH excluding ortho intramolecular Hbond substituents is 1. The van der Waals surface area contributed by atoms with Crippen molar-refractivity contribution in [2.24, 2.45) is 5.73 Å². The van der Waals surface area contributed by atoms with Crippen molar-refractivity contribution in [3.63, 3.8) is 0 Å². The molecule has 0 spiro atoms. The van der Waals surface area contributed by atoms with Crippen LogP contribution in [-0.2, 0) is 6.42 Å². The zero-order chi connectivity index (χ0) is 10.7. The van der Waals surface area contributed by atoms with Crippen molar-refractivity contribution in [1.82, 2.24) is 15.2 Å². The predicted octanol–water partition coefficient (Wildman–Crippen LogP) is 0.753. The van der Waals surface area contributed by atoms with E-state index in [2.05, 4.69) is 15.2 Å². The van der Waals surface area contributed by atoms with Gasteiger partial charge in [0.25, 0.3) is 0 Å². The van der Waals surface area contributed by atoms with Crippen molar-refractivity contribution in [3.8, 4) is 5.75 Å². The van der Waals surface area contributed by atoms with Crippen LogP contribution in [0.2, 0.25) is 0 Å². The average Bonchev–Trinajstić information content (AvgIpc) is 2.74. The average molecular weight is 204 g/mol. The number of H-pyrrole nitrogens is 1. The molecule has 0 saturated carbocycles. The third kappa shape index (κ3) is 2.32. The molecule has 0 saturated heterocycles. The Morgan fingerprint density at radius 3 is 2.67 bits per heavy atom. The fourth-order valence-corrected chi connectivity index (χ4v) is 1.38. The number of aromatic amines is 1. The lowest BCUT2D eigenvalue weighted by Gasteiger charge is -2.07. The molecule has 5 heteroatoms. The maximum atomic E-state index is 9.11. The van der Waals surface area contributed by atoms with Crippen molar-refractivity contribution >= 4 is 0 Å². The first-order valence-electron chi connectivity index (χ1n) is 4.64. The molecule has 0 radical (unpaired) electrons. The molecule has 0 aliphatic carbocycles. The molecule has 0 aliphatic rings. The Morgan fingerprint density at radius 1 is 1.33 bits per heavy atom. The van der Waals surface area contributed by atoms with Gasteiger partial charge in [0.2, 0.25) is 0 Å². The fourth-order valence-electron chi connectivity index (χ4n) is 1.38. The summed E-state index contributed by atoms with van der Waals surface area (Å²) in [6, 6.07) is 6.76. The van der Waals surface area contributed by atoms with Gasteiger partial charge < -0.3 is 10.8 Å². The van der Waals surface area contributed by atoms with E-state index in [1.165, 1.54) is 6.33 Å². The number of aromatic nitrogens is 3. The minimum Gasteiger partial charge on any atom is -0.508 e. The minimum absolute atomic E-state index is 0.197. The van der Waals surface area contributed by atoms with Gasteiger partial charge in [0, 0.05) is 0 Å². The van der Waals surface area contributed by atoms with E-state index in [4.69, 9.17) is 10.8 Å². The summed E-state index contributed by atoms with van der Waals surface area (Å²) in [5.74, 6) is 0.926. The second kappa shape index (κ2) is 4.10. The summed E-state index contributed by atoms with van der Waals surface area (Å²) in [4.78, 5) is 3.99. The molecule has 0 unspecified atom stereocenters. The Hall–Kier alpha value is -1.88. The normalized spacial score (nSPS) is 12.6. The Morgan fingerprint density at radius 2 is 2.07 bits per heavy atom. The SMILES string of the molecule is N[C@H](Cc1ccc(O)cc1)c1ncn[nH]1. The quantitative estimate of drug-likeness (QED) is 0.688. The van der Waals surface area contributed by atoms with Gasteiger partial charge in [-0.2, -0.15) is 5.10 Å². The number of rotatable bonds is 3. The molecule has 4 N–H and O–H groups in total. The van der Waals surface area contributed by atoms with Crippen LogP contribution in [0.4, 0.5) is 0 Å². The Bertz CT molecular complexity index is 409. The van der Waals surface area contributed by atoms with Crippen molar-refractivity contribution in [2.75, 3.05) is 0 Å². The Balaban J connectivity index is 2.06. The molecule has 1 heterocycles. The van der Waals surface area contributed by atoms with E-state index < -0.39 is 0 Å². The smallest absolute Gasteiger partial charge is 0.141 e. The summed E-state index contributed by atoms with van der Waals surface area (Å²) in [6.45, 7) is 0. The van der Waals surface area contributed by atoms with E-state index >= 15 is 0 Å². The van der Waals surface area contributed by atoms with Crippen LogP contribution in [0.25, 0.3) is 0 Å². The third-order valence-corrected chi connectivity index (χ3v) is 2.18. The van der Waals surface area contributed by atoms with E-state index in [9.17, 15) is 0 Å². The number of aromatic hydroxyl groups is 1. The van der Waals surface area contributed by atoms with Crippen molar-refractivity contribution in [3.05, 3.63) is 42.0 Å². The van der Waals surface area contributed by atoms with Crippen LogP contribution in [0.5, 0.6) is 5.75 Å². The summed E-state index contributed by atoms with van der Waals surface area (Å²) < 4.78 is 0. The highest BCUT2D eigenvalue weighted by atomic mass is 16.3. The molecular weight excluding hydrogens is 192 g/mol. The molecule has 0 fully saturated rings. The molecule has 2 aromatic rings. The molecule has 5 nitrogen and oxygen atoms in total. The first-order chi connectivity index (χ1) is 7.25.